The molecule has 174 valence electrons. The Kier molecular flexibility index (Phi) is 4.76. The number of alkyl halides is 5. The molecule has 0 radical (unpaired) electrons. The molecule has 1 saturated carbocycles. The van der Waals surface area contributed by atoms with E-state index < -0.39 is 35.8 Å². The molecule has 2 aliphatic rings. The van der Waals surface area contributed by atoms with Gasteiger partial charge in [-0.05, 0) is 25.0 Å². The fourth-order valence-corrected chi connectivity index (χ4v) is 4.80. The van der Waals surface area contributed by atoms with Crippen LogP contribution in [0.15, 0.2) is 35.6 Å². The minimum Gasteiger partial charge on any atom is -0.312 e. The smallest absolute Gasteiger partial charge is 0.312 e. The highest BCUT2D eigenvalue weighted by molar-refractivity contribution is 5.96. The molecular weight excluding hydrogens is 451 g/mol. The van der Waals surface area contributed by atoms with Gasteiger partial charge in [-0.1, -0.05) is 0 Å². The Balaban J connectivity index is 1.36. The summed E-state index contributed by atoms with van der Waals surface area (Å²) in [6.45, 7) is -0.508. The van der Waals surface area contributed by atoms with Crippen molar-refractivity contribution in [1.82, 2.24) is 24.3 Å². The first kappa shape index (κ1) is 21.5. The number of anilines is 1. The summed E-state index contributed by atoms with van der Waals surface area (Å²) in [6, 6.07) is 1.90. The third-order valence-corrected chi connectivity index (χ3v) is 6.29. The van der Waals surface area contributed by atoms with Crippen LogP contribution < -0.4 is 10.5 Å². The van der Waals surface area contributed by atoms with Crippen molar-refractivity contribution in [1.29, 1.82) is 0 Å². The highest BCUT2D eigenvalue weighted by Crippen LogP contribution is 2.54. The predicted molar refractivity (Wildman–Crippen MR) is 105 cm³/mol. The molecule has 0 unspecified atom stereocenters. The lowest BCUT2D eigenvalue weighted by Gasteiger charge is -2.45. The Morgan fingerprint density at radius 1 is 1.18 bits per heavy atom. The second-order valence-electron chi connectivity index (χ2n) is 8.52. The highest BCUT2D eigenvalue weighted by Gasteiger charge is 2.53. The van der Waals surface area contributed by atoms with E-state index in [4.69, 9.17) is 0 Å². The van der Waals surface area contributed by atoms with E-state index in [2.05, 4.69) is 15.1 Å². The summed E-state index contributed by atoms with van der Waals surface area (Å²) >= 11 is 0. The first-order chi connectivity index (χ1) is 15.6. The number of hydrogen-bond donors (Lipinski definition) is 0. The van der Waals surface area contributed by atoms with E-state index in [-0.39, 0.29) is 41.6 Å². The summed E-state index contributed by atoms with van der Waals surface area (Å²) in [4.78, 5) is 34.3. The zero-order valence-electron chi connectivity index (χ0n) is 17.0. The summed E-state index contributed by atoms with van der Waals surface area (Å²) in [5.74, 6) is -0.302. The predicted octanol–water partition coefficient (Wildman–Crippen LogP) is 3.03. The Hall–Kier alpha value is -3.38. The van der Waals surface area contributed by atoms with Gasteiger partial charge in [0.1, 0.15) is 17.8 Å². The topological polar surface area (TPSA) is 85.9 Å². The molecule has 13 heteroatoms. The second kappa shape index (κ2) is 7.32. The third-order valence-electron chi connectivity index (χ3n) is 6.29. The van der Waals surface area contributed by atoms with Crippen LogP contribution in [-0.2, 0) is 17.5 Å². The molecular formula is C20H17F5N6O2. The van der Waals surface area contributed by atoms with Gasteiger partial charge in [0, 0.05) is 36.3 Å². The lowest BCUT2D eigenvalue weighted by molar-refractivity contribution is -0.141. The van der Waals surface area contributed by atoms with E-state index in [0.717, 1.165) is 16.9 Å². The van der Waals surface area contributed by atoms with Crippen LogP contribution in [0.2, 0.25) is 0 Å². The molecule has 1 aliphatic carbocycles. The quantitative estimate of drug-likeness (QED) is 0.550. The largest absolute Gasteiger partial charge is 0.433 e. The zero-order chi connectivity index (χ0) is 23.5. The number of carbonyl (C=O) groups is 1. The van der Waals surface area contributed by atoms with Crippen molar-refractivity contribution in [2.75, 3.05) is 11.4 Å². The minimum atomic E-state index is -4.62. The summed E-state index contributed by atoms with van der Waals surface area (Å²) in [7, 11) is 0. The molecule has 0 aromatic carbocycles. The van der Waals surface area contributed by atoms with Gasteiger partial charge < -0.3 is 4.90 Å². The molecule has 0 N–H and O–H groups in total. The lowest BCUT2D eigenvalue weighted by atomic mass is 9.64. The maximum atomic E-state index is 13.0. The van der Waals surface area contributed by atoms with Gasteiger partial charge in [-0.3, -0.25) is 23.8 Å². The summed E-state index contributed by atoms with van der Waals surface area (Å²) < 4.78 is 66.9. The lowest BCUT2D eigenvalue weighted by Crippen LogP contribution is -2.44. The maximum Gasteiger partial charge on any atom is 0.433 e. The van der Waals surface area contributed by atoms with Gasteiger partial charge >= 0.3 is 6.18 Å². The first-order valence-electron chi connectivity index (χ1n) is 10.1. The molecule has 1 amide bonds. The van der Waals surface area contributed by atoms with Gasteiger partial charge in [0.05, 0.1) is 12.5 Å². The highest BCUT2D eigenvalue weighted by atomic mass is 19.4. The van der Waals surface area contributed by atoms with Crippen LogP contribution in [0.3, 0.4) is 0 Å². The number of nitrogens with zero attached hydrogens (tertiary/aromatic N) is 6. The van der Waals surface area contributed by atoms with Crippen molar-refractivity contribution in [3.05, 3.63) is 46.9 Å². The van der Waals surface area contributed by atoms with Crippen molar-refractivity contribution in [3.8, 4) is 0 Å². The molecule has 3 aromatic rings. The van der Waals surface area contributed by atoms with Crippen LogP contribution in [0.25, 0.3) is 11.0 Å². The van der Waals surface area contributed by atoms with Crippen molar-refractivity contribution in [2.45, 2.75) is 44.5 Å². The average Bonchev–Trinajstić information content (AvgIpc) is 3.28. The number of amides is 1. The summed E-state index contributed by atoms with van der Waals surface area (Å²) in [5, 5.41) is 3.81. The van der Waals surface area contributed by atoms with Crippen LogP contribution in [0.5, 0.6) is 0 Å². The Labute approximate surface area is 182 Å². The Morgan fingerprint density at radius 2 is 1.94 bits per heavy atom. The van der Waals surface area contributed by atoms with Gasteiger partial charge in [0.15, 0.2) is 5.52 Å². The normalized spacial score (nSPS) is 23.2. The van der Waals surface area contributed by atoms with Crippen molar-refractivity contribution < 1.29 is 26.7 Å². The number of carbonyl (C=O) groups excluding carboxylic acids is 1. The van der Waals surface area contributed by atoms with E-state index in [9.17, 15) is 31.5 Å². The van der Waals surface area contributed by atoms with E-state index in [1.54, 1.807) is 0 Å². The monoisotopic (exact) mass is 468 g/mol. The standard InChI is InChI=1S/C20H17F5N6O2/c21-15(22)8-31-17-13(7-28-31)27-10-30(18(17)33)12-4-19(5-12)6-16(32)29(9-19)11-1-2-26-14(3-11)20(23,24)25/h1-3,7,10,12,15H,4-6,8-9H2. The zero-order valence-corrected chi connectivity index (χ0v) is 17.0. The fraction of sp³-hybridized carbons (Fsp3) is 0.450. The van der Waals surface area contributed by atoms with Crippen molar-refractivity contribution >= 4 is 22.6 Å². The van der Waals surface area contributed by atoms with E-state index in [0.29, 0.717) is 12.8 Å². The molecule has 2 fully saturated rings. The fourth-order valence-electron chi connectivity index (χ4n) is 4.80. The molecule has 4 heterocycles. The number of rotatable bonds is 4. The number of pyridine rings is 1. The molecule has 1 aliphatic heterocycles. The molecule has 33 heavy (non-hydrogen) atoms. The number of aromatic nitrogens is 5. The Bertz CT molecular complexity index is 1290. The van der Waals surface area contributed by atoms with Gasteiger partial charge in [-0.25, -0.2) is 13.8 Å². The van der Waals surface area contributed by atoms with Gasteiger partial charge in [-0.2, -0.15) is 18.3 Å². The molecule has 1 spiro atoms. The summed E-state index contributed by atoms with van der Waals surface area (Å²) in [6.07, 6.45) is -2.70. The van der Waals surface area contributed by atoms with Gasteiger partial charge in [-0.15, -0.1) is 0 Å². The van der Waals surface area contributed by atoms with Gasteiger partial charge in [0.25, 0.3) is 12.0 Å². The average molecular weight is 468 g/mol. The molecule has 0 atom stereocenters. The van der Waals surface area contributed by atoms with E-state index >= 15 is 0 Å². The first-order valence-corrected chi connectivity index (χ1v) is 10.1. The molecule has 8 nitrogen and oxygen atoms in total. The molecule has 3 aromatic heterocycles. The SMILES string of the molecule is O=C1CC2(CC(n3cnc4cnn(CC(F)F)c4c3=O)C2)CN1c1ccnc(C(F)(F)F)c1. The minimum absolute atomic E-state index is 0.0145. The summed E-state index contributed by atoms with van der Waals surface area (Å²) in [5.41, 5.74) is -1.74. The molecule has 5 rings (SSSR count). The van der Waals surface area contributed by atoms with Crippen LogP contribution in [0.4, 0.5) is 27.6 Å². The second-order valence-corrected chi connectivity index (χ2v) is 8.52. The third kappa shape index (κ3) is 3.64. The number of hydrogen-bond acceptors (Lipinski definition) is 5. The van der Waals surface area contributed by atoms with Crippen LogP contribution in [-0.4, -0.2) is 43.2 Å². The number of halogens is 5. The van der Waals surface area contributed by atoms with Crippen molar-refractivity contribution in [3.63, 3.8) is 0 Å². The van der Waals surface area contributed by atoms with Crippen LogP contribution in [0, 0.1) is 5.41 Å². The molecule has 1 saturated heterocycles. The van der Waals surface area contributed by atoms with Crippen molar-refractivity contribution in [2.24, 2.45) is 5.41 Å². The van der Waals surface area contributed by atoms with Gasteiger partial charge in [0.2, 0.25) is 5.91 Å². The van der Waals surface area contributed by atoms with E-state index in [1.165, 1.54) is 28.1 Å². The molecule has 0 bridgehead atoms. The van der Waals surface area contributed by atoms with Crippen LogP contribution in [0.1, 0.15) is 31.0 Å². The maximum absolute atomic E-state index is 13.0. The Morgan fingerprint density at radius 3 is 2.64 bits per heavy atom. The van der Waals surface area contributed by atoms with Crippen LogP contribution >= 0.6 is 0 Å². The van der Waals surface area contributed by atoms with E-state index in [1.807, 2.05) is 0 Å². The number of fused-ring (bicyclic) bond motifs is 1.